The highest BCUT2D eigenvalue weighted by Gasteiger charge is 2.13. The van der Waals surface area contributed by atoms with Crippen molar-refractivity contribution < 1.29 is 9.53 Å². The van der Waals surface area contributed by atoms with Gasteiger partial charge in [0.2, 0.25) is 0 Å². The van der Waals surface area contributed by atoms with Crippen LogP contribution in [0.15, 0.2) is 30.5 Å². The van der Waals surface area contributed by atoms with E-state index in [9.17, 15) is 4.79 Å². The number of carbonyl (C=O) groups excluding carboxylic acids is 1. The van der Waals surface area contributed by atoms with Crippen LogP contribution >= 0.6 is 11.6 Å². The van der Waals surface area contributed by atoms with Crippen LogP contribution in [0.3, 0.4) is 0 Å². The SMILES string of the molecule is COc1cc(NC(=O)c2cnc(C)cc2NN)ccc1Cl. The lowest BCUT2D eigenvalue weighted by molar-refractivity contribution is 0.102. The Morgan fingerprint density at radius 3 is 2.81 bits per heavy atom. The van der Waals surface area contributed by atoms with Crippen molar-refractivity contribution in [3.63, 3.8) is 0 Å². The average molecular weight is 307 g/mol. The first-order chi connectivity index (χ1) is 10.0. The summed E-state index contributed by atoms with van der Waals surface area (Å²) >= 11 is 5.94. The highest BCUT2D eigenvalue weighted by Crippen LogP contribution is 2.28. The van der Waals surface area contributed by atoms with Gasteiger partial charge in [-0.15, -0.1) is 0 Å². The van der Waals surface area contributed by atoms with E-state index in [1.165, 1.54) is 13.3 Å². The molecule has 21 heavy (non-hydrogen) atoms. The monoisotopic (exact) mass is 306 g/mol. The van der Waals surface area contributed by atoms with Gasteiger partial charge in [0.25, 0.3) is 5.91 Å². The molecule has 0 aliphatic heterocycles. The Balaban J connectivity index is 2.26. The van der Waals surface area contributed by atoms with Crippen LogP contribution in [0.1, 0.15) is 16.1 Å². The summed E-state index contributed by atoms with van der Waals surface area (Å²) in [5.74, 6) is 5.57. The number of rotatable bonds is 4. The minimum Gasteiger partial charge on any atom is -0.495 e. The number of aryl methyl sites for hydroxylation is 1. The van der Waals surface area contributed by atoms with E-state index in [4.69, 9.17) is 22.2 Å². The molecular weight excluding hydrogens is 292 g/mol. The van der Waals surface area contributed by atoms with E-state index in [0.29, 0.717) is 27.7 Å². The molecule has 1 aromatic carbocycles. The molecule has 0 aliphatic rings. The van der Waals surface area contributed by atoms with Crippen molar-refractivity contribution in [3.05, 3.63) is 46.7 Å². The Bertz CT molecular complexity index is 676. The van der Waals surface area contributed by atoms with Crippen LogP contribution in [0.2, 0.25) is 5.02 Å². The summed E-state index contributed by atoms with van der Waals surface area (Å²) in [4.78, 5) is 16.4. The zero-order valence-corrected chi connectivity index (χ0v) is 12.4. The first kappa shape index (κ1) is 15.1. The maximum Gasteiger partial charge on any atom is 0.259 e. The van der Waals surface area contributed by atoms with Crippen molar-refractivity contribution >= 4 is 28.9 Å². The number of benzene rings is 1. The maximum absolute atomic E-state index is 12.3. The van der Waals surface area contributed by atoms with E-state index in [1.54, 1.807) is 24.3 Å². The van der Waals surface area contributed by atoms with Gasteiger partial charge in [0.1, 0.15) is 5.75 Å². The van der Waals surface area contributed by atoms with Gasteiger partial charge in [-0.3, -0.25) is 15.6 Å². The number of nitrogens with two attached hydrogens (primary N) is 1. The Labute approximate surface area is 127 Å². The number of carbonyl (C=O) groups is 1. The normalized spacial score (nSPS) is 10.1. The highest BCUT2D eigenvalue weighted by atomic mass is 35.5. The number of pyridine rings is 1. The van der Waals surface area contributed by atoms with Gasteiger partial charge in [-0.1, -0.05) is 11.6 Å². The topological polar surface area (TPSA) is 89.3 Å². The van der Waals surface area contributed by atoms with Gasteiger partial charge in [0.05, 0.1) is 23.4 Å². The predicted molar refractivity (Wildman–Crippen MR) is 82.7 cm³/mol. The van der Waals surface area contributed by atoms with Crippen LogP contribution in [0.25, 0.3) is 0 Å². The molecular formula is C14H15ClN4O2. The Morgan fingerprint density at radius 1 is 1.38 bits per heavy atom. The summed E-state index contributed by atoms with van der Waals surface area (Å²) < 4.78 is 5.11. The highest BCUT2D eigenvalue weighted by molar-refractivity contribution is 6.32. The van der Waals surface area contributed by atoms with Crippen molar-refractivity contribution in [1.29, 1.82) is 0 Å². The molecule has 6 nitrogen and oxygen atoms in total. The lowest BCUT2D eigenvalue weighted by Crippen LogP contribution is -2.18. The van der Waals surface area contributed by atoms with Crippen molar-refractivity contribution in [3.8, 4) is 5.75 Å². The number of halogens is 1. The molecule has 2 rings (SSSR count). The zero-order chi connectivity index (χ0) is 15.4. The van der Waals surface area contributed by atoms with E-state index < -0.39 is 0 Å². The Hall–Kier alpha value is -2.31. The summed E-state index contributed by atoms with van der Waals surface area (Å²) in [6.45, 7) is 1.81. The fourth-order valence-electron chi connectivity index (χ4n) is 1.80. The number of hydrazine groups is 1. The summed E-state index contributed by atoms with van der Waals surface area (Å²) in [5, 5.41) is 3.21. The van der Waals surface area contributed by atoms with Gasteiger partial charge in [-0.2, -0.15) is 0 Å². The number of ether oxygens (including phenoxy) is 1. The van der Waals surface area contributed by atoms with Crippen molar-refractivity contribution in [2.75, 3.05) is 17.9 Å². The van der Waals surface area contributed by atoms with Gasteiger partial charge in [-0.25, -0.2) is 0 Å². The van der Waals surface area contributed by atoms with Crippen LogP contribution in [-0.4, -0.2) is 18.0 Å². The molecule has 0 aliphatic carbocycles. The van der Waals surface area contributed by atoms with Gasteiger partial charge >= 0.3 is 0 Å². The molecule has 7 heteroatoms. The second-order valence-electron chi connectivity index (χ2n) is 4.32. The molecule has 0 spiro atoms. The van der Waals surface area contributed by atoms with E-state index in [-0.39, 0.29) is 5.91 Å². The zero-order valence-electron chi connectivity index (χ0n) is 11.6. The Morgan fingerprint density at radius 2 is 2.14 bits per heavy atom. The van der Waals surface area contributed by atoms with Crippen molar-refractivity contribution in [1.82, 2.24) is 4.98 Å². The van der Waals surface area contributed by atoms with E-state index in [1.807, 2.05) is 6.92 Å². The van der Waals surface area contributed by atoms with Crippen LogP contribution in [0.5, 0.6) is 5.75 Å². The number of aromatic nitrogens is 1. The molecule has 0 saturated carbocycles. The van der Waals surface area contributed by atoms with Crippen molar-refractivity contribution in [2.24, 2.45) is 5.84 Å². The molecule has 0 fully saturated rings. The second kappa shape index (κ2) is 6.43. The summed E-state index contributed by atoms with van der Waals surface area (Å²) in [6.07, 6.45) is 1.47. The molecule has 1 amide bonds. The smallest absolute Gasteiger partial charge is 0.259 e. The second-order valence-corrected chi connectivity index (χ2v) is 4.73. The number of hydrogen-bond acceptors (Lipinski definition) is 5. The molecule has 0 bridgehead atoms. The number of nitrogens with zero attached hydrogens (tertiary/aromatic N) is 1. The summed E-state index contributed by atoms with van der Waals surface area (Å²) in [5.41, 5.74) is 4.65. The third-order valence-corrected chi connectivity index (χ3v) is 3.16. The predicted octanol–water partition coefficient (Wildman–Crippen LogP) is 2.59. The molecule has 0 atom stereocenters. The van der Waals surface area contributed by atoms with E-state index in [2.05, 4.69) is 15.7 Å². The van der Waals surface area contributed by atoms with Crippen LogP contribution < -0.4 is 21.3 Å². The average Bonchev–Trinajstić information content (AvgIpc) is 2.48. The molecule has 1 heterocycles. The minimum atomic E-state index is -0.333. The fraction of sp³-hybridized carbons (Fsp3) is 0.143. The lowest BCUT2D eigenvalue weighted by Gasteiger charge is -2.11. The first-order valence-electron chi connectivity index (χ1n) is 6.13. The first-order valence-corrected chi connectivity index (χ1v) is 6.51. The third kappa shape index (κ3) is 3.42. The minimum absolute atomic E-state index is 0.333. The number of amides is 1. The third-order valence-electron chi connectivity index (χ3n) is 2.85. The number of nitrogens with one attached hydrogen (secondary N) is 2. The summed E-state index contributed by atoms with van der Waals surface area (Å²) in [6, 6.07) is 6.65. The molecule has 2 aromatic rings. The van der Waals surface area contributed by atoms with Gasteiger partial charge in [-0.05, 0) is 25.1 Å². The largest absolute Gasteiger partial charge is 0.495 e. The fourth-order valence-corrected chi connectivity index (χ4v) is 1.99. The lowest BCUT2D eigenvalue weighted by atomic mass is 10.2. The molecule has 0 saturated heterocycles. The van der Waals surface area contributed by atoms with Gasteiger partial charge < -0.3 is 15.5 Å². The Kier molecular flexibility index (Phi) is 4.62. The quantitative estimate of drug-likeness (QED) is 0.597. The van der Waals surface area contributed by atoms with E-state index >= 15 is 0 Å². The molecule has 4 N–H and O–H groups in total. The molecule has 1 aromatic heterocycles. The number of nitrogen functional groups attached to an aromatic ring is 1. The molecule has 0 radical (unpaired) electrons. The standard InChI is InChI=1S/C14H15ClN4O2/c1-8-5-12(19-16)10(7-17-8)14(20)18-9-3-4-11(15)13(6-9)21-2/h3-7H,16H2,1-2H3,(H,17,19)(H,18,20). The van der Waals surface area contributed by atoms with E-state index in [0.717, 1.165) is 5.69 Å². The van der Waals surface area contributed by atoms with Crippen LogP contribution in [0, 0.1) is 6.92 Å². The van der Waals surface area contributed by atoms with Crippen molar-refractivity contribution in [2.45, 2.75) is 6.92 Å². The summed E-state index contributed by atoms with van der Waals surface area (Å²) in [7, 11) is 1.51. The van der Waals surface area contributed by atoms with Crippen LogP contribution in [-0.2, 0) is 0 Å². The molecule has 110 valence electrons. The van der Waals surface area contributed by atoms with Gasteiger partial charge in [0, 0.05) is 23.6 Å². The van der Waals surface area contributed by atoms with Crippen LogP contribution in [0.4, 0.5) is 11.4 Å². The number of anilines is 2. The maximum atomic E-state index is 12.3. The number of hydrogen-bond donors (Lipinski definition) is 3. The van der Waals surface area contributed by atoms with Gasteiger partial charge in [0.15, 0.2) is 0 Å². The number of methoxy groups -OCH3 is 1. The molecule has 0 unspecified atom stereocenters.